The number of methoxy groups -OCH3 is 1. The lowest BCUT2D eigenvalue weighted by Gasteiger charge is -2.09. The van der Waals surface area contributed by atoms with E-state index in [0.29, 0.717) is 6.54 Å². The van der Waals surface area contributed by atoms with E-state index in [2.05, 4.69) is 12.2 Å². The molecule has 0 amide bonds. The van der Waals surface area contributed by atoms with Crippen LogP contribution in [-0.4, -0.2) is 24.7 Å². The first kappa shape index (κ1) is 12.5. The predicted molar refractivity (Wildman–Crippen MR) is 61.7 cm³/mol. The third-order valence-corrected chi connectivity index (χ3v) is 2.33. The summed E-state index contributed by atoms with van der Waals surface area (Å²) in [5, 5.41) is 11.3. The molecule has 0 atom stereocenters. The average molecular weight is 223 g/mol. The van der Waals surface area contributed by atoms with Crippen molar-refractivity contribution in [3.63, 3.8) is 0 Å². The maximum Gasteiger partial charge on any atom is 0.317 e. The van der Waals surface area contributed by atoms with E-state index in [9.17, 15) is 4.79 Å². The van der Waals surface area contributed by atoms with E-state index in [4.69, 9.17) is 9.84 Å². The molecule has 16 heavy (non-hydrogen) atoms. The van der Waals surface area contributed by atoms with Crippen LogP contribution in [0, 0.1) is 0 Å². The number of nitrogens with one attached hydrogen (secondary N) is 1. The molecule has 4 heteroatoms. The molecule has 1 aromatic rings. The number of carboxylic acid groups (broad SMARTS) is 1. The van der Waals surface area contributed by atoms with Gasteiger partial charge in [-0.05, 0) is 23.6 Å². The van der Waals surface area contributed by atoms with Gasteiger partial charge in [0.15, 0.2) is 0 Å². The fraction of sp³-hybridized carbons (Fsp3) is 0.417. The SMILES string of the molecule is CCc1cc(CNCC(=O)O)ccc1OC. The van der Waals surface area contributed by atoms with Crippen LogP contribution in [0.1, 0.15) is 18.1 Å². The molecular weight excluding hydrogens is 206 g/mol. The molecule has 0 saturated heterocycles. The van der Waals surface area contributed by atoms with Gasteiger partial charge in [-0.15, -0.1) is 0 Å². The fourth-order valence-corrected chi connectivity index (χ4v) is 1.53. The second-order valence-electron chi connectivity index (χ2n) is 3.50. The molecule has 0 unspecified atom stereocenters. The van der Waals surface area contributed by atoms with Gasteiger partial charge in [0, 0.05) is 6.54 Å². The van der Waals surface area contributed by atoms with Gasteiger partial charge in [0.05, 0.1) is 13.7 Å². The largest absolute Gasteiger partial charge is 0.496 e. The van der Waals surface area contributed by atoms with Crippen LogP contribution in [0.15, 0.2) is 18.2 Å². The Morgan fingerprint density at radius 3 is 2.81 bits per heavy atom. The summed E-state index contributed by atoms with van der Waals surface area (Å²) in [6, 6.07) is 5.89. The molecule has 0 bridgehead atoms. The first-order valence-electron chi connectivity index (χ1n) is 5.25. The predicted octanol–water partition coefficient (Wildman–Crippen LogP) is 1.43. The molecule has 1 aromatic carbocycles. The van der Waals surface area contributed by atoms with Gasteiger partial charge in [0.1, 0.15) is 5.75 Å². The maximum atomic E-state index is 10.3. The standard InChI is InChI=1S/C12H17NO3/c1-3-10-6-9(4-5-11(10)16-2)7-13-8-12(14)15/h4-6,13H,3,7-8H2,1-2H3,(H,14,15). The summed E-state index contributed by atoms with van der Waals surface area (Å²) in [5.41, 5.74) is 2.20. The number of carbonyl (C=O) groups is 1. The lowest BCUT2D eigenvalue weighted by molar-refractivity contribution is -0.135. The summed E-state index contributed by atoms with van der Waals surface area (Å²) in [6.07, 6.45) is 0.899. The summed E-state index contributed by atoms with van der Waals surface area (Å²) in [5.74, 6) is 0.0358. The van der Waals surface area contributed by atoms with Gasteiger partial charge >= 0.3 is 5.97 Å². The van der Waals surface area contributed by atoms with Crippen molar-refractivity contribution < 1.29 is 14.6 Å². The summed E-state index contributed by atoms with van der Waals surface area (Å²) < 4.78 is 5.22. The van der Waals surface area contributed by atoms with Crippen molar-refractivity contribution in [1.82, 2.24) is 5.32 Å². The van der Waals surface area contributed by atoms with Crippen LogP contribution < -0.4 is 10.1 Å². The van der Waals surface area contributed by atoms with Crippen LogP contribution >= 0.6 is 0 Å². The molecule has 0 spiro atoms. The molecule has 0 heterocycles. The lowest BCUT2D eigenvalue weighted by Crippen LogP contribution is -2.21. The van der Waals surface area contributed by atoms with E-state index < -0.39 is 5.97 Å². The molecule has 4 nitrogen and oxygen atoms in total. The lowest BCUT2D eigenvalue weighted by atomic mass is 10.1. The van der Waals surface area contributed by atoms with Gasteiger partial charge in [-0.1, -0.05) is 19.1 Å². The number of aryl methyl sites for hydroxylation is 1. The maximum absolute atomic E-state index is 10.3. The van der Waals surface area contributed by atoms with E-state index in [1.807, 2.05) is 18.2 Å². The normalized spacial score (nSPS) is 10.1. The van der Waals surface area contributed by atoms with E-state index in [0.717, 1.165) is 23.3 Å². The molecule has 0 aromatic heterocycles. The molecule has 0 aliphatic carbocycles. The molecule has 0 fully saturated rings. The molecule has 0 aliphatic rings. The van der Waals surface area contributed by atoms with E-state index >= 15 is 0 Å². The van der Waals surface area contributed by atoms with E-state index in [1.165, 1.54) is 0 Å². The Hall–Kier alpha value is -1.55. The zero-order valence-electron chi connectivity index (χ0n) is 9.62. The number of ether oxygens (including phenoxy) is 1. The van der Waals surface area contributed by atoms with Crippen molar-refractivity contribution in [3.8, 4) is 5.75 Å². The highest BCUT2D eigenvalue weighted by molar-refractivity contribution is 5.69. The average Bonchev–Trinajstić information content (AvgIpc) is 2.28. The number of benzene rings is 1. The minimum absolute atomic E-state index is 0.0203. The minimum Gasteiger partial charge on any atom is -0.496 e. The van der Waals surface area contributed by atoms with Crippen molar-refractivity contribution >= 4 is 5.97 Å². The van der Waals surface area contributed by atoms with Crippen LogP contribution in [0.3, 0.4) is 0 Å². The smallest absolute Gasteiger partial charge is 0.317 e. The molecule has 2 N–H and O–H groups in total. The van der Waals surface area contributed by atoms with Crippen molar-refractivity contribution in [2.45, 2.75) is 19.9 Å². The first-order valence-corrected chi connectivity index (χ1v) is 5.25. The molecule has 88 valence electrons. The Bertz CT molecular complexity index is 363. The van der Waals surface area contributed by atoms with Gasteiger partial charge in [0.25, 0.3) is 0 Å². The molecular formula is C12H17NO3. The van der Waals surface area contributed by atoms with Crippen LogP contribution in [0.4, 0.5) is 0 Å². The monoisotopic (exact) mass is 223 g/mol. The summed E-state index contributed by atoms with van der Waals surface area (Å²) in [7, 11) is 1.65. The quantitative estimate of drug-likeness (QED) is 0.766. The van der Waals surface area contributed by atoms with Crippen LogP contribution in [-0.2, 0) is 17.8 Å². The van der Waals surface area contributed by atoms with Gasteiger partial charge in [0.2, 0.25) is 0 Å². The molecule has 0 aliphatic heterocycles. The highest BCUT2D eigenvalue weighted by Crippen LogP contribution is 2.20. The number of rotatable bonds is 6. The zero-order valence-corrected chi connectivity index (χ0v) is 9.62. The third kappa shape index (κ3) is 3.55. The van der Waals surface area contributed by atoms with Crippen LogP contribution in [0.25, 0.3) is 0 Å². The molecule has 1 rings (SSSR count). The first-order chi connectivity index (χ1) is 7.67. The van der Waals surface area contributed by atoms with Crippen molar-refractivity contribution in [3.05, 3.63) is 29.3 Å². The van der Waals surface area contributed by atoms with Gasteiger partial charge in [-0.3, -0.25) is 4.79 Å². The Balaban J connectivity index is 2.64. The van der Waals surface area contributed by atoms with Crippen molar-refractivity contribution in [1.29, 1.82) is 0 Å². The highest BCUT2D eigenvalue weighted by Gasteiger charge is 2.03. The fourth-order valence-electron chi connectivity index (χ4n) is 1.53. The minimum atomic E-state index is -0.843. The second kappa shape index (κ2) is 6.12. The molecule has 0 saturated carbocycles. The number of hydrogen-bond donors (Lipinski definition) is 2. The topological polar surface area (TPSA) is 58.6 Å². The van der Waals surface area contributed by atoms with E-state index in [1.54, 1.807) is 7.11 Å². The number of hydrogen-bond acceptors (Lipinski definition) is 3. The van der Waals surface area contributed by atoms with Crippen LogP contribution in [0.5, 0.6) is 5.75 Å². The Kier molecular flexibility index (Phi) is 4.79. The number of aliphatic carboxylic acids is 1. The zero-order chi connectivity index (χ0) is 12.0. The Morgan fingerprint density at radius 1 is 1.50 bits per heavy atom. The van der Waals surface area contributed by atoms with Gasteiger partial charge in [-0.2, -0.15) is 0 Å². The van der Waals surface area contributed by atoms with Crippen LogP contribution in [0.2, 0.25) is 0 Å². The van der Waals surface area contributed by atoms with Crippen molar-refractivity contribution in [2.75, 3.05) is 13.7 Å². The van der Waals surface area contributed by atoms with Gasteiger partial charge < -0.3 is 15.2 Å². The number of carboxylic acids is 1. The second-order valence-corrected chi connectivity index (χ2v) is 3.50. The third-order valence-electron chi connectivity index (χ3n) is 2.33. The summed E-state index contributed by atoms with van der Waals surface area (Å²) in [6.45, 7) is 2.60. The van der Waals surface area contributed by atoms with Crippen molar-refractivity contribution in [2.24, 2.45) is 0 Å². The summed E-state index contributed by atoms with van der Waals surface area (Å²) >= 11 is 0. The summed E-state index contributed by atoms with van der Waals surface area (Å²) in [4.78, 5) is 10.3. The van der Waals surface area contributed by atoms with E-state index in [-0.39, 0.29) is 6.54 Å². The Labute approximate surface area is 95.2 Å². The van der Waals surface area contributed by atoms with Gasteiger partial charge in [-0.25, -0.2) is 0 Å². The Morgan fingerprint density at radius 2 is 2.25 bits per heavy atom. The molecule has 0 radical (unpaired) electrons. The highest BCUT2D eigenvalue weighted by atomic mass is 16.5.